The number of aliphatic hydroxyl groups is 1. The number of carbonyl (C=O) groups excluding carboxylic acids is 2. The summed E-state index contributed by atoms with van der Waals surface area (Å²) in [5.74, 6) is 0.714. The van der Waals surface area contributed by atoms with E-state index in [0.717, 1.165) is 17.1 Å². The quantitative estimate of drug-likeness (QED) is 0.448. The number of nitrogens with zero attached hydrogens (tertiary/aromatic N) is 1. The van der Waals surface area contributed by atoms with Gasteiger partial charge in [0, 0.05) is 29.6 Å². The minimum absolute atomic E-state index is 0.0993. The molecule has 2 heterocycles. The molecule has 9 heteroatoms. The number of hydrogen-bond acceptors (Lipinski definition) is 7. The average molecular weight is 477 g/mol. The molecule has 2 aliphatic heterocycles. The van der Waals surface area contributed by atoms with Gasteiger partial charge in [-0.15, -0.1) is 11.8 Å². The highest BCUT2D eigenvalue weighted by Crippen LogP contribution is 2.34. The van der Waals surface area contributed by atoms with E-state index in [1.54, 1.807) is 23.9 Å². The summed E-state index contributed by atoms with van der Waals surface area (Å²) in [5.41, 5.74) is 4.35. The van der Waals surface area contributed by atoms with Gasteiger partial charge in [0.05, 0.1) is 18.0 Å². The lowest BCUT2D eigenvalue weighted by Gasteiger charge is -2.36. The first-order chi connectivity index (χ1) is 15.5. The van der Waals surface area contributed by atoms with Gasteiger partial charge in [-0.1, -0.05) is 34.6 Å². The first-order valence-corrected chi connectivity index (χ1v) is 12.3. The van der Waals surface area contributed by atoms with Crippen molar-refractivity contribution in [2.75, 3.05) is 12.4 Å². The van der Waals surface area contributed by atoms with Crippen molar-refractivity contribution >= 4 is 28.5 Å². The van der Waals surface area contributed by atoms with Crippen LogP contribution in [-0.4, -0.2) is 58.5 Å². The van der Waals surface area contributed by atoms with E-state index in [1.807, 2.05) is 53.7 Å². The van der Waals surface area contributed by atoms with Gasteiger partial charge in [-0.05, 0) is 42.2 Å². The lowest BCUT2D eigenvalue weighted by atomic mass is 9.85. The van der Waals surface area contributed by atoms with Crippen LogP contribution >= 0.6 is 11.8 Å². The summed E-state index contributed by atoms with van der Waals surface area (Å²) >= 11 is 1.75. The summed E-state index contributed by atoms with van der Waals surface area (Å²) in [6, 6.07) is 6.31. The van der Waals surface area contributed by atoms with Crippen LogP contribution in [0.2, 0.25) is 0 Å². The SMILES string of the molecule is CC1=C(c2ccc(ONC(=O)[C@@H]3C[C@@H](O)CN3C(=O)[C@@H](NC(C)C)C(C)(C)C)cc2)SCN1. The number of rotatable bonds is 7. The molecule has 1 aromatic rings. The Labute approximate surface area is 200 Å². The van der Waals surface area contributed by atoms with E-state index in [0.29, 0.717) is 5.75 Å². The lowest BCUT2D eigenvalue weighted by Crippen LogP contribution is -2.58. The van der Waals surface area contributed by atoms with Crippen molar-refractivity contribution in [3.05, 3.63) is 35.5 Å². The second kappa shape index (κ2) is 10.4. The van der Waals surface area contributed by atoms with E-state index in [1.165, 1.54) is 9.81 Å². The van der Waals surface area contributed by atoms with Gasteiger partial charge in [0.1, 0.15) is 6.04 Å². The largest absolute Gasteiger partial charge is 0.391 e. The molecule has 182 valence electrons. The Morgan fingerprint density at radius 2 is 1.91 bits per heavy atom. The van der Waals surface area contributed by atoms with Gasteiger partial charge in [-0.3, -0.25) is 9.59 Å². The molecule has 0 aromatic heterocycles. The van der Waals surface area contributed by atoms with Gasteiger partial charge >= 0.3 is 0 Å². The van der Waals surface area contributed by atoms with Crippen LogP contribution in [0.4, 0.5) is 0 Å². The van der Waals surface area contributed by atoms with Gasteiger partial charge in [0.25, 0.3) is 5.91 Å². The molecular weight excluding hydrogens is 440 g/mol. The van der Waals surface area contributed by atoms with Gasteiger partial charge in [-0.25, -0.2) is 0 Å². The number of carbonyl (C=O) groups is 2. The van der Waals surface area contributed by atoms with Crippen molar-refractivity contribution in [2.24, 2.45) is 5.41 Å². The summed E-state index contributed by atoms with van der Waals surface area (Å²) in [6.45, 7) is 12.1. The molecule has 2 aliphatic rings. The molecule has 1 fully saturated rings. The monoisotopic (exact) mass is 476 g/mol. The lowest BCUT2D eigenvalue weighted by molar-refractivity contribution is -0.144. The molecule has 3 rings (SSSR count). The predicted octanol–water partition coefficient (Wildman–Crippen LogP) is 2.45. The Hall–Kier alpha value is -2.23. The van der Waals surface area contributed by atoms with E-state index in [4.69, 9.17) is 4.84 Å². The number of amides is 2. The number of hydrogen-bond donors (Lipinski definition) is 4. The number of likely N-dealkylation sites (tertiary alicyclic amines) is 1. The van der Waals surface area contributed by atoms with E-state index < -0.39 is 24.1 Å². The molecule has 0 aliphatic carbocycles. The minimum Gasteiger partial charge on any atom is -0.391 e. The zero-order chi connectivity index (χ0) is 24.3. The van der Waals surface area contributed by atoms with Crippen LogP contribution in [0.5, 0.6) is 5.75 Å². The molecule has 8 nitrogen and oxygen atoms in total. The molecular formula is C24H36N4O4S. The Kier molecular flexibility index (Phi) is 7.97. The summed E-state index contributed by atoms with van der Waals surface area (Å²) in [7, 11) is 0. The molecule has 0 saturated carbocycles. The van der Waals surface area contributed by atoms with E-state index in [9.17, 15) is 14.7 Å². The second-order valence-corrected chi connectivity index (χ2v) is 11.0. The number of aliphatic hydroxyl groups excluding tert-OH is 1. The number of thioether (sulfide) groups is 1. The van der Waals surface area contributed by atoms with Gasteiger partial charge in [-0.2, -0.15) is 5.48 Å². The molecule has 33 heavy (non-hydrogen) atoms. The van der Waals surface area contributed by atoms with Crippen molar-refractivity contribution in [3.8, 4) is 5.75 Å². The number of benzene rings is 1. The summed E-state index contributed by atoms with van der Waals surface area (Å²) in [5, 5.41) is 16.8. The number of nitrogens with one attached hydrogen (secondary N) is 3. The van der Waals surface area contributed by atoms with E-state index in [2.05, 4.69) is 16.1 Å². The van der Waals surface area contributed by atoms with Crippen LogP contribution in [0.25, 0.3) is 4.91 Å². The first-order valence-electron chi connectivity index (χ1n) is 11.4. The third kappa shape index (κ3) is 6.22. The Balaban J connectivity index is 1.65. The predicted molar refractivity (Wildman–Crippen MR) is 131 cm³/mol. The van der Waals surface area contributed by atoms with E-state index in [-0.39, 0.29) is 30.3 Å². The van der Waals surface area contributed by atoms with E-state index >= 15 is 0 Å². The minimum atomic E-state index is -0.792. The molecule has 1 aromatic carbocycles. The zero-order valence-corrected chi connectivity index (χ0v) is 21.1. The third-order valence-corrected chi connectivity index (χ3v) is 6.88. The molecule has 0 bridgehead atoms. The fourth-order valence-corrected chi connectivity index (χ4v) is 5.08. The van der Waals surface area contributed by atoms with Gasteiger partial charge in [0.2, 0.25) is 5.91 Å². The highest BCUT2D eigenvalue weighted by atomic mass is 32.2. The average Bonchev–Trinajstić information content (AvgIpc) is 3.35. The normalized spacial score (nSPS) is 21.9. The fraction of sp³-hybridized carbons (Fsp3) is 0.583. The summed E-state index contributed by atoms with van der Waals surface area (Å²) in [4.78, 5) is 34.5. The van der Waals surface area contributed by atoms with Crippen LogP contribution in [0, 0.1) is 5.41 Å². The maximum atomic E-state index is 13.4. The highest BCUT2D eigenvalue weighted by Gasteiger charge is 2.44. The third-order valence-electron chi connectivity index (χ3n) is 5.76. The molecule has 0 spiro atoms. The zero-order valence-electron chi connectivity index (χ0n) is 20.3. The molecule has 0 radical (unpaired) electrons. The van der Waals surface area contributed by atoms with Crippen molar-refractivity contribution in [1.82, 2.24) is 21.0 Å². The van der Waals surface area contributed by atoms with Crippen LogP contribution in [0.15, 0.2) is 30.0 Å². The van der Waals surface area contributed by atoms with Crippen molar-refractivity contribution < 1.29 is 19.5 Å². The summed E-state index contributed by atoms with van der Waals surface area (Å²) in [6.07, 6.45) is -0.575. The fourth-order valence-electron chi connectivity index (χ4n) is 4.05. The molecule has 2 amide bonds. The van der Waals surface area contributed by atoms with Crippen LogP contribution in [0.1, 0.15) is 53.5 Å². The maximum absolute atomic E-state index is 13.4. The van der Waals surface area contributed by atoms with Crippen LogP contribution in [0.3, 0.4) is 0 Å². The molecule has 4 N–H and O–H groups in total. The Morgan fingerprint density at radius 1 is 1.24 bits per heavy atom. The van der Waals surface area contributed by atoms with Crippen molar-refractivity contribution in [2.45, 2.75) is 72.2 Å². The second-order valence-electron chi connectivity index (χ2n) is 10.0. The van der Waals surface area contributed by atoms with Gasteiger partial charge in [0.15, 0.2) is 5.75 Å². The highest BCUT2D eigenvalue weighted by molar-refractivity contribution is 8.08. The number of allylic oxidation sites excluding steroid dienone is 1. The van der Waals surface area contributed by atoms with Crippen molar-refractivity contribution in [1.29, 1.82) is 0 Å². The molecule has 3 atom stereocenters. The van der Waals surface area contributed by atoms with Crippen LogP contribution in [-0.2, 0) is 9.59 Å². The van der Waals surface area contributed by atoms with Gasteiger partial charge < -0.3 is 25.5 Å². The molecule has 0 unspecified atom stereocenters. The topological polar surface area (TPSA) is 103 Å². The Morgan fingerprint density at radius 3 is 2.45 bits per heavy atom. The maximum Gasteiger partial charge on any atom is 0.275 e. The standard InChI is InChI=1S/C24H36N4O4S/c1-14(2)26-21(24(4,5)6)23(31)28-12-17(29)11-19(28)22(30)27-32-18-9-7-16(8-10-18)20-15(3)25-13-33-20/h7-10,14,17,19,21,25-26,29H,11-13H2,1-6H3,(H,27,30)/t17-,19+,21-/m1/s1. The smallest absolute Gasteiger partial charge is 0.275 e. The Bertz CT molecular complexity index is 895. The summed E-state index contributed by atoms with van der Waals surface area (Å²) < 4.78 is 0. The molecule has 1 saturated heterocycles. The van der Waals surface area contributed by atoms with Crippen molar-refractivity contribution in [3.63, 3.8) is 0 Å². The first kappa shape index (κ1) is 25.4. The number of β-amino-alcohol motifs (C(OH)–C–C–N with tert-alkyl or cyclic N) is 1. The van der Waals surface area contributed by atoms with Crippen LogP contribution < -0.4 is 21.0 Å². The number of hydroxylamine groups is 1.